The van der Waals surface area contributed by atoms with E-state index in [0.29, 0.717) is 18.9 Å². The van der Waals surface area contributed by atoms with Gasteiger partial charge in [-0.15, -0.1) is 0 Å². The number of nitrogens with zero attached hydrogens (tertiary/aromatic N) is 1. The van der Waals surface area contributed by atoms with Crippen molar-refractivity contribution in [2.75, 3.05) is 31.2 Å². The van der Waals surface area contributed by atoms with Crippen molar-refractivity contribution in [3.8, 4) is 5.75 Å². The number of amides is 3. The molecule has 0 unspecified atom stereocenters. The van der Waals surface area contributed by atoms with Gasteiger partial charge in [0.25, 0.3) is 0 Å². The van der Waals surface area contributed by atoms with Crippen LogP contribution in [0, 0.1) is 5.92 Å². The number of carbonyl (C=O) groups excluding carboxylic acids is 2. The van der Waals surface area contributed by atoms with Crippen molar-refractivity contribution in [2.24, 2.45) is 5.92 Å². The number of rotatable bonds is 11. The first-order valence-electron chi connectivity index (χ1n) is 10.5. The van der Waals surface area contributed by atoms with Crippen LogP contribution in [0.3, 0.4) is 0 Å². The van der Waals surface area contributed by atoms with E-state index in [0.717, 1.165) is 30.8 Å². The molecule has 3 aliphatic rings. The van der Waals surface area contributed by atoms with Crippen LogP contribution in [0.4, 0.5) is 4.79 Å². The molecule has 0 atom stereocenters. The van der Waals surface area contributed by atoms with Crippen molar-refractivity contribution >= 4 is 21.8 Å². The van der Waals surface area contributed by atoms with Gasteiger partial charge in [0.05, 0.1) is 18.1 Å². The highest BCUT2D eigenvalue weighted by Gasteiger charge is 2.47. The molecule has 3 fully saturated rings. The minimum Gasteiger partial charge on any atom is -0.493 e. The maximum absolute atomic E-state index is 12.7. The van der Waals surface area contributed by atoms with Crippen LogP contribution in [0.5, 0.6) is 5.75 Å². The smallest absolute Gasteiger partial charge is 0.324 e. The maximum Gasteiger partial charge on any atom is 0.324 e. The number of sulfone groups is 1. The van der Waals surface area contributed by atoms with Crippen LogP contribution in [-0.2, 0) is 20.0 Å². The van der Waals surface area contributed by atoms with E-state index < -0.39 is 15.9 Å². The number of carbonyl (C=O) groups is 2. The number of urea groups is 1. The number of imide groups is 1. The fraction of sp³-hybridized carbons (Fsp3) is 0.545. The van der Waals surface area contributed by atoms with E-state index in [1.54, 1.807) is 12.2 Å². The molecule has 0 bridgehead atoms. The van der Waals surface area contributed by atoms with Gasteiger partial charge in [-0.25, -0.2) is 13.2 Å². The molecule has 7 nitrogen and oxygen atoms in total. The fourth-order valence-corrected chi connectivity index (χ4v) is 5.71. The summed E-state index contributed by atoms with van der Waals surface area (Å²) in [6.07, 6.45) is 8.13. The van der Waals surface area contributed by atoms with Crippen LogP contribution >= 0.6 is 0 Å². The molecule has 4 rings (SSSR count). The molecule has 1 heterocycles. The molecule has 0 aromatic heterocycles. The van der Waals surface area contributed by atoms with E-state index in [9.17, 15) is 18.0 Å². The number of benzene rings is 1. The van der Waals surface area contributed by atoms with Gasteiger partial charge in [-0.05, 0) is 55.7 Å². The summed E-state index contributed by atoms with van der Waals surface area (Å²) >= 11 is 0. The predicted molar refractivity (Wildman–Crippen MR) is 113 cm³/mol. The highest BCUT2D eigenvalue weighted by atomic mass is 32.2. The van der Waals surface area contributed by atoms with Gasteiger partial charge in [0.15, 0.2) is 9.84 Å². The van der Waals surface area contributed by atoms with Gasteiger partial charge in [0.2, 0.25) is 5.91 Å². The average Bonchev–Trinajstić information content (AvgIpc) is 3.61. The molecule has 162 valence electrons. The first-order valence-corrected chi connectivity index (χ1v) is 12.3. The summed E-state index contributed by atoms with van der Waals surface area (Å²) < 4.78 is 31.3. The summed E-state index contributed by atoms with van der Waals surface area (Å²) in [5, 5.41) is 2.21. The lowest BCUT2D eigenvalue weighted by atomic mass is 9.98. The molecule has 1 saturated heterocycles. The molecular formula is C22H28N2O5S. The third-order valence-electron chi connectivity index (χ3n) is 5.93. The molecule has 0 radical (unpaired) electrons. The lowest BCUT2D eigenvalue weighted by Crippen LogP contribution is -2.28. The fourth-order valence-electron chi connectivity index (χ4n) is 3.77. The van der Waals surface area contributed by atoms with Crippen LogP contribution in [0.15, 0.2) is 36.4 Å². The van der Waals surface area contributed by atoms with Gasteiger partial charge < -0.3 is 9.64 Å². The summed E-state index contributed by atoms with van der Waals surface area (Å²) in [6.45, 7) is 1.09. The number of hydrogen-bond acceptors (Lipinski definition) is 5. The van der Waals surface area contributed by atoms with Gasteiger partial charge in [0.1, 0.15) is 12.3 Å². The Morgan fingerprint density at radius 2 is 2.00 bits per heavy atom. The first kappa shape index (κ1) is 20.9. The van der Waals surface area contributed by atoms with E-state index >= 15 is 0 Å². The molecule has 1 aliphatic heterocycles. The molecule has 8 heteroatoms. The van der Waals surface area contributed by atoms with Crippen molar-refractivity contribution in [3.05, 3.63) is 42.0 Å². The van der Waals surface area contributed by atoms with Crippen LogP contribution in [-0.4, -0.2) is 56.5 Å². The average molecular weight is 433 g/mol. The summed E-state index contributed by atoms with van der Waals surface area (Å²) in [4.78, 5) is 24.0. The highest BCUT2D eigenvalue weighted by Crippen LogP contribution is 2.50. The quantitative estimate of drug-likeness (QED) is 0.428. The number of ether oxygens (including phenoxy) is 1. The van der Waals surface area contributed by atoms with Crippen molar-refractivity contribution in [1.29, 1.82) is 0 Å². The zero-order valence-electron chi connectivity index (χ0n) is 17.0. The summed E-state index contributed by atoms with van der Waals surface area (Å²) in [7, 11) is -3.21. The minimum atomic E-state index is -3.21. The van der Waals surface area contributed by atoms with Gasteiger partial charge in [0, 0.05) is 12.0 Å². The van der Waals surface area contributed by atoms with Crippen molar-refractivity contribution in [3.63, 3.8) is 0 Å². The Bertz CT molecular complexity index is 948. The highest BCUT2D eigenvalue weighted by molar-refractivity contribution is 7.91. The normalized spacial score (nSPS) is 20.6. The molecule has 3 amide bonds. The van der Waals surface area contributed by atoms with Crippen LogP contribution in [0.2, 0.25) is 0 Å². The largest absolute Gasteiger partial charge is 0.493 e. The van der Waals surface area contributed by atoms with Gasteiger partial charge in [-0.2, -0.15) is 0 Å². The van der Waals surface area contributed by atoms with Gasteiger partial charge in [-0.3, -0.25) is 10.1 Å². The molecule has 1 aromatic rings. The minimum absolute atomic E-state index is 0.0490. The molecule has 30 heavy (non-hydrogen) atoms. The SMILES string of the molecule is O=C1CN(C/C=C/CCS(=O)(=O)CC2(c3cccc(OCC4CC4)c3)CC2)C(=O)N1. The third kappa shape index (κ3) is 5.41. The first-order chi connectivity index (χ1) is 14.4. The lowest BCUT2D eigenvalue weighted by Gasteiger charge is -2.17. The zero-order valence-corrected chi connectivity index (χ0v) is 17.8. The third-order valence-corrected chi connectivity index (χ3v) is 7.78. The zero-order chi connectivity index (χ0) is 21.2. The van der Waals surface area contributed by atoms with E-state index in [1.807, 2.05) is 24.3 Å². The Balaban J connectivity index is 1.27. The van der Waals surface area contributed by atoms with E-state index in [4.69, 9.17) is 4.74 Å². The van der Waals surface area contributed by atoms with Crippen LogP contribution < -0.4 is 10.1 Å². The second-order valence-corrected chi connectivity index (χ2v) is 10.8. The Kier molecular flexibility index (Phi) is 5.86. The van der Waals surface area contributed by atoms with E-state index in [1.165, 1.54) is 17.7 Å². The van der Waals surface area contributed by atoms with Crippen LogP contribution in [0.25, 0.3) is 0 Å². The van der Waals surface area contributed by atoms with Crippen LogP contribution in [0.1, 0.15) is 37.7 Å². The molecule has 1 aromatic carbocycles. The Hall–Kier alpha value is -2.35. The molecular weight excluding hydrogens is 404 g/mol. The maximum atomic E-state index is 12.7. The van der Waals surface area contributed by atoms with Crippen molar-refractivity contribution in [1.82, 2.24) is 10.2 Å². The number of nitrogens with one attached hydrogen (secondary N) is 1. The number of allylic oxidation sites excluding steroid dienone is 1. The Morgan fingerprint density at radius 3 is 2.67 bits per heavy atom. The second kappa shape index (κ2) is 8.41. The topological polar surface area (TPSA) is 92.8 Å². The summed E-state index contributed by atoms with van der Waals surface area (Å²) in [5.74, 6) is 1.43. The molecule has 2 saturated carbocycles. The van der Waals surface area contributed by atoms with Crippen molar-refractivity contribution in [2.45, 2.75) is 37.5 Å². The standard InChI is InChI=1S/C22H28N2O5S/c25-20-14-24(21(26)23-20)11-2-1-3-12-30(27,28)16-22(9-10-22)18-5-4-6-19(13-18)29-15-17-7-8-17/h1-2,4-6,13,17H,3,7-12,14-16H2,(H,23,25,26)/b2-1+. The summed E-state index contributed by atoms with van der Waals surface area (Å²) in [5.41, 5.74) is 0.773. The Labute approximate surface area is 177 Å². The second-order valence-electron chi connectivity index (χ2n) is 8.65. The van der Waals surface area contributed by atoms with E-state index in [2.05, 4.69) is 5.32 Å². The number of hydrogen-bond donors (Lipinski definition) is 1. The van der Waals surface area contributed by atoms with Gasteiger partial charge in [-0.1, -0.05) is 24.3 Å². The summed E-state index contributed by atoms with van der Waals surface area (Å²) in [6, 6.07) is 7.50. The van der Waals surface area contributed by atoms with Crippen molar-refractivity contribution < 1.29 is 22.7 Å². The Morgan fingerprint density at radius 1 is 1.20 bits per heavy atom. The molecule has 2 aliphatic carbocycles. The monoisotopic (exact) mass is 432 g/mol. The molecule has 1 N–H and O–H groups in total. The van der Waals surface area contributed by atoms with Gasteiger partial charge >= 0.3 is 6.03 Å². The lowest BCUT2D eigenvalue weighted by molar-refractivity contribution is -0.118. The molecule has 0 spiro atoms. The predicted octanol–water partition coefficient (Wildman–Crippen LogP) is 2.42. The van der Waals surface area contributed by atoms with E-state index in [-0.39, 0.29) is 29.4 Å².